The van der Waals surface area contributed by atoms with E-state index in [0.29, 0.717) is 5.02 Å². The molecule has 0 saturated carbocycles. The number of fused-ring (bicyclic) bond motifs is 1. The highest BCUT2D eigenvalue weighted by atomic mass is 35.5. The van der Waals surface area contributed by atoms with Crippen molar-refractivity contribution in [3.8, 4) is 11.1 Å². The van der Waals surface area contributed by atoms with E-state index in [1.165, 1.54) is 21.6 Å². The van der Waals surface area contributed by atoms with Crippen LogP contribution in [-0.2, 0) is 0 Å². The molecule has 0 unspecified atom stereocenters. The lowest BCUT2D eigenvalue weighted by Crippen LogP contribution is -1.95. The van der Waals surface area contributed by atoms with E-state index in [2.05, 4.69) is 53.4 Å². The molecule has 0 amide bonds. The van der Waals surface area contributed by atoms with Crippen molar-refractivity contribution in [3.63, 3.8) is 0 Å². The zero-order valence-corrected chi connectivity index (χ0v) is 15.4. The van der Waals surface area contributed by atoms with Crippen LogP contribution in [0.3, 0.4) is 0 Å². The van der Waals surface area contributed by atoms with Crippen LogP contribution in [-0.4, -0.2) is 9.97 Å². The molecule has 0 aliphatic rings. The largest absolute Gasteiger partial charge is 0.340 e. The molecule has 4 rings (SSSR count). The molecule has 0 aliphatic heterocycles. The van der Waals surface area contributed by atoms with Gasteiger partial charge in [0.05, 0.1) is 5.39 Å². The van der Waals surface area contributed by atoms with Crippen molar-refractivity contribution in [3.05, 3.63) is 70.3 Å². The number of rotatable bonds is 3. The second-order valence-corrected chi connectivity index (χ2v) is 7.58. The van der Waals surface area contributed by atoms with Gasteiger partial charge in [0.1, 0.15) is 17.0 Å². The van der Waals surface area contributed by atoms with Gasteiger partial charge in [-0.25, -0.2) is 9.97 Å². The summed E-state index contributed by atoms with van der Waals surface area (Å²) in [5.41, 5.74) is 4.52. The number of benzene rings is 2. The van der Waals surface area contributed by atoms with Crippen LogP contribution in [0.5, 0.6) is 0 Å². The fraction of sp³-hybridized carbons (Fsp3) is 0.100. The van der Waals surface area contributed by atoms with Gasteiger partial charge in [0.15, 0.2) is 0 Å². The predicted octanol–water partition coefficient (Wildman–Crippen LogP) is 6.37. The fourth-order valence-corrected chi connectivity index (χ4v) is 4.11. The Balaban J connectivity index is 1.89. The first-order chi connectivity index (χ1) is 12.1. The first-order valence-electron chi connectivity index (χ1n) is 7.95. The first-order valence-corrected chi connectivity index (χ1v) is 9.15. The van der Waals surface area contributed by atoms with Crippen LogP contribution in [0, 0.1) is 13.8 Å². The van der Waals surface area contributed by atoms with E-state index >= 15 is 0 Å². The number of aryl methyl sites for hydroxylation is 2. The highest BCUT2D eigenvalue weighted by molar-refractivity contribution is 7.19. The lowest BCUT2D eigenvalue weighted by molar-refractivity contribution is 1.23. The normalized spacial score (nSPS) is 11.0. The summed E-state index contributed by atoms with van der Waals surface area (Å²) in [6, 6.07) is 16.2. The average Bonchev–Trinajstić information content (AvgIpc) is 2.93. The Morgan fingerprint density at radius 3 is 2.56 bits per heavy atom. The Hall–Kier alpha value is -2.43. The number of anilines is 2. The molecule has 0 bridgehead atoms. The van der Waals surface area contributed by atoms with Crippen LogP contribution in [0.2, 0.25) is 5.02 Å². The molecular weight excluding hydrogens is 350 g/mol. The highest BCUT2D eigenvalue weighted by Gasteiger charge is 2.16. The number of aromatic nitrogens is 2. The lowest BCUT2D eigenvalue weighted by atomic mass is 10.0. The minimum Gasteiger partial charge on any atom is -0.340 e. The van der Waals surface area contributed by atoms with Crippen molar-refractivity contribution < 1.29 is 0 Å². The number of halogens is 1. The smallest absolute Gasteiger partial charge is 0.143 e. The molecule has 2 aromatic carbocycles. The molecule has 0 atom stereocenters. The summed E-state index contributed by atoms with van der Waals surface area (Å²) in [4.78, 5) is 11.2. The van der Waals surface area contributed by atoms with E-state index in [0.717, 1.165) is 21.7 Å². The van der Waals surface area contributed by atoms with Crippen LogP contribution >= 0.6 is 22.9 Å². The number of thiophene rings is 1. The minimum absolute atomic E-state index is 0.690. The number of nitrogens with zero attached hydrogens (tertiary/aromatic N) is 2. The zero-order valence-electron chi connectivity index (χ0n) is 13.9. The van der Waals surface area contributed by atoms with E-state index in [9.17, 15) is 0 Å². The molecule has 5 heteroatoms. The molecular formula is C20H16ClN3S. The van der Waals surface area contributed by atoms with E-state index < -0.39 is 0 Å². The minimum atomic E-state index is 0.690. The van der Waals surface area contributed by atoms with E-state index in [1.807, 2.05) is 24.3 Å². The molecule has 4 aromatic rings. The zero-order chi connectivity index (χ0) is 17.4. The molecule has 0 saturated heterocycles. The fourth-order valence-electron chi connectivity index (χ4n) is 2.91. The molecule has 0 aliphatic carbocycles. The van der Waals surface area contributed by atoms with E-state index in [-0.39, 0.29) is 0 Å². The summed E-state index contributed by atoms with van der Waals surface area (Å²) in [7, 11) is 0. The van der Waals surface area contributed by atoms with Gasteiger partial charge in [-0.05, 0) is 37.6 Å². The van der Waals surface area contributed by atoms with Crippen molar-refractivity contribution in [1.82, 2.24) is 9.97 Å². The van der Waals surface area contributed by atoms with Crippen LogP contribution in [0.15, 0.2) is 54.9 Å². The Bertz CT molecular complexity index is 1050. The monoisotopic (exact) mass is 365 g/mol. The second-order valence-electron chi connectivity index (χ2n) is 5.94. The summed E-state index contributed by atoms with van der Waals surface area (Å²) >= 11 is 7.79. The molecule has 2 aromatic heterocycles. The number of nitrogens with one attached hydrogen (secondary N) is 1. The van der Waals surface area contributed by atoms with Crippen molar-refractivity contribution in [2.45, 2.75) is 13.8 Å². The summed E-state index contributed by atoms with van der Waals surface area (Å²) < 4.78 is 0. The third-order valence-electron chi connectivity index (χ3n) is 4.09. The van der Waals surface area contributed by atoms with Gasteiger partial charge < -0.3 is 5.32 Å². The quantitative estimate of drug-likeness (QED) is 0.458. The average molecular weight is 366 g/mol. The van der Waals surface area contributed by atoms with Crippen molar-refractivity contribution >= 4 is 44.7 Å². The predicted molar refractivity (Wildman–Crippen MR) is 107 cm³/mol. The maximum Gasteiger partial charge on any atom is 0.143 e. The molecule has 0 spiro atoms. The lowest BCUT2D eigenvalue weighted by Gasteiger charge is -2.09. The van der Waals surface area contributed by atoms with Crippen LogP contribution in [0.25, 0.3) is 21.3 Å². The van der Waals surface area contributed by atoms with Gasteiger partial charge in [0, 0.05) is 21.2 Å². The van der Waals surface area contributed by atoms with Crippen molar-refractivity contribution in [2.75, 3.05) is 5.32 Å². The Labute approximate surface area is 155 Å². The summed E-state index contributed by atoms with van der Waals surface area (Å²) in [6.07, 6.45) is 1.60. The van der Waals surface area contributed by atoms with Gasteiger partial charge in [0.25, 0.3) is 0 Å². The van der Waals surface area contributed by atoms with Crippen LogP contribution < -0.4 is 5.32 Å². The van der Waals surface area contributed by atoms with E-state index in [4.69, 9.17) is 11.6 Å². The molecule has 124 valence electrons. The molecule has 3 nitrogen and oxygen atoms in total. The number of hydrogen-bond acceptors (Lipinski definition) is 4. The molecule has 2 heterocycles. The van der Waals surface area contributed by atoms with Gasteiger partial charge in [-0.3, -0.25) is 0 Å². The molecule has 0 fully saturated rings. The third-order valence-corrected chi connectivity index (χ3v) is 5.34. The summed E-state index contributed by atoms with van der Waals surface area (Å²) in [5, 5.41) is 5.13. The highest BCUT2D eigenvalue weighted by Crippen LogP contribution is 2.41. The number of hydrogen-bond donors (Lipinski definition) is 1. The standard InChI is InChI=1S/C20H16ClN3S/c1-12-6-8-14(9-7-12)17-13(2)25-20-18(17)19(22-11-23-20)24-16-5-3-4-15(21)10-16/h3-11H,1-2H3,(H,22,23,24). The van der Waals surface area contributed by atoms with Gasteiger partial charge in [-0.2, -0.15) is 0 Å². The van der Waals surface area contributed by atoms with Crippen LogP contribution in [0.1, 0.15) is 10.4 Å². The maximum absolute atomic E-state index is 6.10. The Kier molecular flexibility index (Phi) is 4.15. The Morgan fingerprint density at radius 1 is 1.00 bits per heavy atom. The SMILES string of the molecule is Cc1ccc(-c2c(C)sc3ncnc(Nc4cccc(Cl)c4)c23)cc1. The van der Waals surface area contributed by atoms with Crippen molar-refractivity contribution in [2.24, 2.45) is 0 Å². The third kappa shape index (κ3) is 3.11. The molecule has 25 heavy (non-hydrogen) atoms. The van der Waals surface area contributed by atoms with Gasteiger partial charge in [-0.15, -0.1) is 11.3 Å². The topological polar surface area (TPSA) is 37.8 Å². The van der Waals surface area contributed by atoms with E-state index in [1.54, 1.807) is 17.7 Å². The van der Waals surface area contributed by atoms with Gasteiger partial charge in [0.2, 0.25) is 0 Å². The van der Waals surface area contributed by atoms with Crippen molar-refractivity contribution in [1.29, 1.82) is 0 Å². The molecule has 1 N–H and O–H groups in total. The Morgan fingerprint density at radius 2 is 1.80 bits per heavy atom. The summed E-state index contributed by atoms with van der Waals surface area (Å²) in [5.74, 6) is 0.798. The van der Waals surface area contributed by atoms with Crippen LogP contribution in [0.4, 0.5) is 11.5 Å². The van der Waals surface area contributed by atoms with Gasteiger partial charge in [-0.1, -0.05) is 47.5 Å². The summed E-state index contributed by atoms with van der Waals surface area (Å²) in [6.45, 7) is 4.22. The second kappa shape index (κ2) is 6.47. The first kappa shape index (κ1) is 16.1. The molecule has 0 radical (unpaired) electrons. The maximum atomic E-state index is 6.10. The van der Waals surface area contributed by atoms with Gasteiger partial charge >= 0.3 is 0 Å².